The molecule has 0 spiro atoms. The van der Waals surface area contributed by atoms with Gasteiger partial charge in [0.1, 0.15) is 0 Å². The zero-order chi connectivity index (χ0) is 22.8. The van der Waals surface area contributed by atoms with Crippen molar-refractivity contribution in [3.8, 4) is 11.5 Å². The first kappa shape index (κ1) is 24.9. The van der Waals surface area contributed by atoms with Gasteiger partial charge in [0.15, 0.2) is 42.0 Å². The van der Waals surface area contributed by atoms with E-state index >= 15 is 0 Å². The van der Waals surface area contributed by atoms with Crippen molar-refractivity contribution in [3.05, 3.63) is 87.7 Å². The molecule has 1 aromatic heterocycles. The zero-order valence-corrected chi connectivity index (χ0v) is 21.1. The van der Waals surface area contributed by atoms with E-state index in [4.69, 9.17) is 21.1 Å². The van der Waals surface area contributed by atoms with Crippen molar-refractivity contribution in [3.63, 3.8) is 0 Å². The standard InChI is InChI=1S/C26H25ClNO4.BrH/c1-16(29)23-15-28(14-17-5-4-6-21(27)9-17)8-7-18(23)10-20-11-19-12-24(31-2)25(32-3)13-22(19)26(20)30;/h4-9,12-13,15,20H,10-11,14H2,1-3H3;1H/q+1;/p-1. The Hall–Kier alpha value is -2.70. The molecule has 33 heavy (non-hydrogen) atoms. The maximum Gasteiger partial charge on any atom is 0.180 e. The highest BCUT2D eigenvalue weighted by molar-refractivity contribution is 6.30. The Labute approximate surface area is 209 Å². The van der Waals surface area contributed by atoms with Crippen LogP contribution >= 0.6 is 11.6 Å². The predicted molar refractivity (Wildman–Crippen MR) is 122 cm³/mol. The van der Waals surface area contributed by atoms with Crippen molar-refractivity contribution < 1.29 is 40.6 Å². The molecule has 0 fully saturated rings. The number of rotatable bonds is 7. The van der Waals surface area contributed by atoms with Crippen LogP contribution in [-0.4, -0.2) is 25.8 Å². The second-order valence-electron chi connectivity index (χ2n) is 8.08. The number of methoxy groups -OCH3 is 2. The third kappa shape index (κ3) is 5.28. The van der Waals surface area contributed by atoms with Crippen LogP contribution in [0.1, 0.15) is 44.3 Å². The van der Waals surface area contributed by atoms with Gasteiger partial charge in [-0.15, -0.1) is 0 Å². The van der Waals surface area contributed by atoms with E-state index in [9.17, 15) is 9.59 Å². The number of ether oxygens (including phenoxy) is 2. The largest absolute Gasteiger partial charge is 1.00 e. The summed E-state index contributed by atoms with van der Waals surface area (Å²) in [5, 5.41) is 0.680. The average Bonchev–Trinajstić information content (AvgIpc) is 3.08. The van der Waals surface area contributed by atoms with Crippen molar-refractivity contribution in [1.29, 1.82) is 0 Å². The Balaban J connectivity index is 0.00000306. The molecule has 0 aliphatic heterocycles. The molecule has 7 heteroatoms. The molecular formula is C26H25BrClNO4. The number of carbonyl (C=O) groups excluding carboxylic acids is 2. The number of pyridine rings is 1. The molecule has 1 atom stereocenters. The minimum atomic E-state index is -0.219. The van der Waals surface area contributed by atoms with E-state index in [1.54, 1.807) is 27.2 Å². The summed E-state index contributed by atoms with van der Waals surface area (Å²) in [4.78, 5) is 25.5. The molecule has 1 aliphatic carbocycles. The molecule has 0 saturated carbocycles. The number of Topliss-reactive ketones (excluding diaryl/α,β-unsaturated/α-hetero) is 2. The number of halogens is 2. The summed E-state index contributed by atoms with van der Waals surface area (Å²) in [6.45, 7) is 2.16. The van der Waals surface area contributed by atoms with E-state index in [1.165, 1.54) is 0 Å². The predicted octanol–water partition coefficient (Wildman–Crippen LogP) is 1.50. The van der Waals surface area contributed by atoms with Crippen LogP contribution in [0.4, 0.5) is 0 Å². The van der Waals surface area contributed by atoms with Gasteiger partial charge in [0, 0.05) is 28.1 Å². The Morgan fingerprint density at radius 1 is 1.12 bits per heavy atom. The number of hydrogen-bond acceptors (Lipinski definition) is 4. The Bertz CT molecular complexity index is 1210. The summed E-state index contributed by atoms with van der Waals surface area (Å²) < 4.78 is 12.7. The minimum absolute atomic E-state index is 0. The molecule has 172 valence electrons. The van der Waals surface area contributed by atoms with E-state index in [2.05, 4.69) is 0 Å². The third-order valence-corrected chi connectivity index (χ3v) is 6.15. The number of carbonyl (C=O) groups is 2. The molecule has 0 N–H and O–H groups in total. The van der Waals surface area contributed by atoms with Gasteiger partial charge >= 0.3 is 0 Å². The number of hydrogen-bond donors (Lipinski definition) is 0. The molecule has 1 heterocycles. The minimum Gasteiger partial charge on any atom is -1.00 e. The highest BCUT2D eigenvalue weighted by atomic mass is 79.9. The van der Waals surface area contributed by atoms with Crippen LogP contribution in [0.2, 0.25) is 5.02 Å². The Kier molecular flexibility index (Phi) is 7.92. The fourth-order valence-corrected chi connectivity index (χ4v) is 4.55. The molecule has 0 saturated heterocycles. The van der Waals surface area contributed by atoms with E-state index in [1.807, 2.05) is 53.4 Å². The maximum atomic E-state index is 13.1. The monoisotopic (exact) mass is 529 g/mol. The Morgan fingerprint density at radius 2 is 1.85 bits per heavy atom. The van der Waals surface area contributed by atoms with Gasteiger partial charge in [0.2, 0.25) is 0 Å². The van der Waals surface area contributed by atoms with Crippen LogP contribution in [0.15, 0.2) is 54.9 Å². The lowest BCUT2D eigenvalue weighted by molar-refractivity contribution is -0.688. The molecule has 4 rings (SSSR count). The number of fused-ring (bicyclic) bond motifs is 1. The molecule has 0 bridgehead atoms. The van der Waals surface area contributed by atoms with Crippen LogP contribution in [0.5, 0.6) is 11.5 Å². The number of ketones is 2. The quantitative estimate of drug-likeness (QED) is 0.343. The first-order chi connectivity index (χ1) is 15.4. The van der Waals surface area contributed by atoms with Crippen molar-refractivity contribution >= 4 is 23.2 Å². The first-order valence-corrected chi connectivity index (χ1v) is 10.8. The van der Waals surface area contributed by atoms with Gasteiger partial charge in [-0.3, -0.25) is 9.59 Å². The second-order valence-corrected chi connectivity index (χ2v) is 8.51. The first-order valence-electron chi connectivity index (χ1n) is 10.5. The van der Waals surface area contributed by atoms with Gasteiger partial charge in [-0.05, 0) is 55.2 Å². The van der Waals surface area contributed by atoms with E-state index in [0.29, 0.717) is 47.0 Å². The highest BCUT2D eigenvalue weighted by Gasteiger charge is 2.33. The van der Waals surface area contributed by atoms with Gasteiger partial charge in [-0.1, -0.05) is 23.7 Å². The number of nitrogens with zero attached hydrogens (tertiary/aromatic N) is 1. The molecular weight excluding hydrogens is 506 g/mol. The van der Waals surface area contributed by atoms with Gasteiger partial charge in [-0.25, -0.2) is 4.57 Å². The summed E-state index contributed by atoms with van der Waals surface area (Å²) in [7, 11) is 3.14. The molecule has 2 aromatic carbocycles. The van der Waals surface area contributed by atoms with Crippen LogP contribution in [-0.2, 0) is 19.4 Å². The van der Waals surface area contributed by atoms with Crippen molar-refractivity contribution in [2.45, 2.75) is 26.3 Å². The van der Waals surface area contributed by atoms with Crippen molar-refractivity contribution in [2.75, 3.05) is 14.2 Å². The molecule has 0 amide bonds. The molecule has 1 unspecified atom stereocenters. The number of benzene rings is 2. The van der Waals surface area contributed by atoms with Gasteiger partial charge < -0.3 is 26.5 Å². The lowest BCUT2D eigenvalue weighted by Gasteiger charge is -2.11. The van der Waals surface area contributed by atoms with Crippen LogP contribution in [0, 0.1) is 5.92 Å². The van der Waals surface area contributed by atoms with Gasteiger partial charge in [0.05, 0.1) is 19.8 Å². The fourth-order valence-electron chi connectivity index (χ4n) is 4.33. The smallest absolute Gasteiger partial charge is 0.180 e. The lowest BCUT2D eigenvalue weighted by atomic mass is 9.92. The highest BCUT2D eigenvalue weighted by Crippen LogP contribution is 2.37. The van der Waals surface area contributed by atoms with Crippen molar-refractivity contribution in [1.82, 2.24) is 0 Å². The molecule has 1 aliphatic rings. The normalized spacial score (nSPS) is 14.4. The van der Waals surface area contributed by atoms with E-state index in [0.717, 1.165) is 16.7 Å². The third-order valence-electron chi connectivity index (χ3n) is 5.92. The summed E-state index contributed by atoms with van der Waals surface area (Å²) in [6, 6.07) is 13.2. The summed E-state index contributed by atoms with van der Waals surface area (Å²) >= 11 is 6.09. The topological polar surface area (TPSA) is 56.5 Å². The zero-order valence-electron chi connectivity index (χ0n) is 18.7. The average molecular weight is 531 g/mol. The van der Waals surface area contributed by atoms with E-state index < -0.39 is 0 Å². The Morgan fingerprint density at radius 3 is 2.52 bits per heavy atom. The molecule has 5 nitrogen and oxygen atoms in total. The second kappa shape index (κ2) is 10.5. The fraction of sp³-hybridized carbons (Fsp3) is 0.269. The van der Waals surface area contributed by atoms with Gasteiger partial charge in [0.25, 0.3) is 0 Å². The van der Waals surface area contributed by atoms with Crippen LogP contribution in [0.3, 0.4) is 0 Å². The summed E-state index contributed by atoms with van der Waals surface area (Å²) in [6.07, 6.45) is 4.92. The summed E-state index contributed by atoms with van der Waals surface area (Å²) in [5.41, 5.74) is 4.19. The number of aromatic nitrogens is 1. The lowest BCUT2D eigenvalue weighted by Crippen LogP contribution is -3.00. The molecule has 3 aromatic rings. The summed E-state index contributed by atoms with van der Waals surface area (Å²) in [5.74, 6) is 0.999. The van der Waals surface area contributed by atoms with Crippen molar-refractivity contribution in [2.24, 2.45) is 5.92 Å². The van der Waals surface area contributed by atoms with Gasteiger partial charge in [-0.2, -0.15) is 0 Å². The maximum absolute atomic E-state index is 13.1. The van der Waals surface area contributed by atoms with E-state index in [-0.39, 0.29) is 34.5 Å². The van der Waals surface area contributed by atoms with Crippen LogP contribution < -0.4 is 31.0 Å². The molecule has 0 radical (unpaired) electrons. The van der Waals surface area contributed by atoms with Crippen LogP contribution in [0.25, 0.3) is 0 Å². The SMILES string of the molecule is COc1cc2c(cc1OC)C(=O)C(Cc1cc[n+](Cc3cccc(Cl)c3)cc1C(C)=O)C2.[Br-].